The van der Waals surface area contributed by atoms with Crippen LogP contribution in [0.25, 0.3) is 0 Å². The third kappa shape index (κ3) is 5.04. The molecule has 0 unspecified atom stereocenters. The fourth-order valence-corrected chi connectivity index (χ4v) is 4.60. The van der Waals surface area contributed by atoms with E-state index in [0.717, 1.165) is 5.56 Å². The van der Waals surface area contributed by atoms with Crippen LogP contribution in [0.15, 0.2) is 48.5 Å². The topological polar surface area (TPSA) is 105 Å². The predicted molar refractivity (Wildman–Crippen MR) is 124 cm³/mol. The van der Waals surface area contributed by atoms with E-state index in [1.165, 1.54) is 14.0 Å². The second-order valence-corrected chi connectivity index (χ2v) is 9.84. The molecule has 8 nitrogen and oxygen atoms in total. The van der Waals surface area contributed by atoms with Gasteiger partial charge >= 0.3 is 0 Å². The Morgan fingerprint density at radius 2 is 1.75 bits per heavy atom. The first kappa shape index (κ1) is 23.6. The molecule has 9 heteroatoms. The van der Waals surface area contributed by atoms with E-state index in [-0.39, 0.29) is 17.6 Å². The van der Waals surface area contributed by atoms with Crippen molar-refractivity contribution in [2.75, 3.05) is 36.0 Å². The van der Waals surface area contributed by atoms with E-state index in [9.17, 15) is 18.0 Å². The van der Waals surface area contributed by atoms with E-state index in [1.807, 2.05) is 30.3 Å². The highest BCUT2D eigenvalue weighted by molar-refractivity contribution is 7.92. The van der Waals surface area contributed by atoms with Gasteiger partial charge < -0.3 is 15.0 Å². The number of carbonyl (C=O) groups is 2. The Morgan fingerprint density at radius 1 is 1.09 bits per heavy atom. The minimum absolute atomic E-state index is 0.00178. The van der Waals surface area contributed by atoms with Gasteiger partial charge in [0, 0.05) is 31.8 Å². The maximum absolute atomic E-state index is 13.6. The van der Waals surface area contributed by atoms with E-state index in [0.29, 0.717) is 43.1 Å². The molecule has 0 radical (unpaired) electrons. The molecule has 32 heavy (non-hydrogen) atoms. The predicted octanol–water partition coefficient (Wildman–Crippen LogP) is 2.98. The molecule has 2 amide bonds. The van der Waals surface area contributed by atoms with E-state index >= 15 is 0 Å². The van der Waals surface area contributed by atoms with Crippen LogP contribution in [0.1, 0.15) is 32.3 Å². The number of rotatable bonds is 7. The van der Waals surface area contributed by atoms with Crippen molar-refractivity contribution in [3.05, 3.63) is 54.1 Å². The molecule has 2 N–H and O–H groups in total. The summed E-state index contributed by atoms with van der Waals surface area (Å²) < 4.78 is 31.6. The van der Waals surface area contributed by atoms with Crippen molar-refractivity contribution in [2.45, 2.75) is 32.1 Å². The maximum Gasteiger partial charge on any atom is 0.235 e. The Balaban J connectivity index is 1.88. The fourth-order valence-electron chi connectivity index (χ4n) is 3.95. The van der Waals surface area contributed by atoms with Gasteiger partial charge in [-0.15, -0.1) is 0 Å². The molecule has 0 atom stereocenters. The standard InChI is InChI=1S/C23H29N3O5S/c1-4-32(29,30)25-20-11-10-19(16-21(20)31-3)24-22(28)23(18-8-6-5-7-9-18)12-14-26(15-13-23)17(2)27/h5-11,16,25H,4,12-15H2,1-3H3,(H,24,28). The summed E-state index contributed by atoms with van der Waals surface area (Å²) >= 11 is 0. The molecule has 3 rings (SSSR count). The lowest BCUT2D eigenvalue weighted by molar-refractivity contribution is -0.133. The zero-order valence-corrected chi connectivity index (χ0v) is 19.4. The van der Waals surface area contributed by atoms with Gasteiger partial charge in [-0.3, -0.25) is 14.3 Å². The Bertz CT molecular complexity index is 1080. The fraction of sp³-hybridized carbons (Fsp3) is 0.391. The molecule has 1 aliphatic rings. The van der Waals surface area contributed by atoms with E-state index in [1.54, 1.807) is 30.0 Å². The molecule has 0 aromatic heterocycles. The molecule has 0 spiro atoms. The Kier molecular flexibility index (Phi) is 7.08. The van der Waals surface area contributed by atoms with Crippen LogP contribution in [0.2, 0.25) is 0 Å². The number of carbonyl (C=O) groups excluding carboxylic acids is 2. The lowest BCUT2D eigenvalue weighted by Gasteiger charge is -2.40. The van der Waals surface area contributed by atoms with E-state index in [2.05, 4.69) is 10.0 Å². The number of nitrogens with one attached hydrogen (secondary N) is 2. The Morgan fingerprint density at radius 3 is 2.31 bits per heavy atom. The average molecular weight is 460 g/mol. The minimum Gasteiger partial charge on any atom is -0.494 e. The lowest BCUT2D eigenvalue weighted by Crippen LogP contribution is -2.50. The first-order chi connectivity index (χ1) is 15.2. The summed E-state index contributed by atoms with van der Waals surface area (Å²) in [6, 6.07) is 14.4. The molecule has 1 heterocycles. The molecule has 0 bridgehead atoms. The zero-order chi connectivity index (χ0) is 23.4. The monoisotopic (exact) mass is 459 g/mol. The second-order valence-electron chi connectivity index (χ2n) is 7.83. The van der Waals surface area contributed by atoms with Crippen LogP contribution >= 0.6 is 0 Å². The van der Waals surface area contributed by atoms with Crippen LogP contribution in [0.5, 0.6) is 5.75 Å². The summed E-state index contributed by atoms with van der Waals surface area (Å²) in [5.74, 6) is 0.0728. The highest BCUT2D eigenvalue weighted by Gasteiger charge is 2.43. The number of benzene rings is 2. The first-order valence-electron chi connectivity index (χ1n) is 10.5. The van der Waals surface area contributed by atoms with Gasteiger partial charge in [0.2, 0.25) is 21.8 Å². The van der Waals surface area contributed by atoms with Gasteiger partial charge in [-0.25, -0.2) is 8.42 Å². The highest BCUT2D eigenvalue weighted by atomic mass is 32.2. The molecule has 0 saturated carbocycles. The van der Waals surface area contributed by atoms with E-state index in [4.69, 9.17) is 4.74 Å². The number of hydrogen-bond acceptors (Lipinski definition) is 5. The third-order valence-electron chi connectivity index (χ3n) is 5.93. The molecule has 1 fully saturated rings. The van der Waals surface area contributed by atoms with Gasteiger partial charge in [-0.2, -0.15) is 0 Å². The minimum atomic E-state index is -3.47. The molecule has 2 aromatic carbocycles. The van der Waals surface area contributed by atoms with Crippen molar-refractivity contribution in [2.24, 2.45) is 0 Å². The SMILES string of the molecule is CCS(=O)(=O)Nc1ccc(NC(=O)C2(c3ccccc3)CCN(C(C)=O)CC2)cc1OC. The van der Waals surface area contributed by atoms with Crippen LogP contribution in [0.4, 0.5) is 11.4 Å². The van der Waals surface area contributed by atoms with Crippen molar-refractivity contribution < 1.29 is 22.7 Å². The number of nitrogens with zero attached hydrogens (tertiary/aromatic N) is 1. The normalized spacial score (nSPS) is 15.7. The zero-order valence-electron chi connectivity index (χ0n) is 18.6. The number of hydrogen-bond donors (Lipinski definition) is 2. The molecule has 172 valence electrons. The first-order valence-corrected chi connectivity index (χ1v) is 12.2. The van der Waals surface area contributed by atoms with Gasteiger partial charge in [0.05, 0.1) is 24.0 Å². The number of sulfonamides is 1. The van der Waals surface area contributed by atoms with Crippen LogP contribution in [0, 0.1) is 0 Å². The molecule has 2 aromatic rings. The van der Waals surface area contributed by atoms with Gasteiger partial charge in [-0.05, 0) is 37.5 Å². The third-order valence-corrected chi connectivity index (χ3v) is 7.22. The lowest BCUT2D eigenvalue weighted by atomic mass is 9.72. The van der Waals surface area contributed by atoms with Crippen molar-refractivity contribution in [1.82, 2.24) is 4.90 Å². The van der Waals surface area contributed by atoms with Crippen molar-refractivity contribution in [3.8, 4) is 5.75 Å². The summed E-state index contributed by atoms with van der Waals surface area (Å²) in [5.41, 5.74) is 0.929. The number of anilines is 2. The van der Waals surface area contributed by atoms with Crippen molar-refractivity contribution in [1.29, 1.82) is 0 Å². The van der Waals surface area contributed by atoms with Crippen molar-refractivity contribution in [3.63, 3.8) is 0 Å². The molecule has 0 aliphatic carbocycles. The molecule has 1 saturated heterocycles. The second kappa shape index (κ2) is 9.60. The van der Waals surface area contributed by atoms with Crippen LogP contribution in [-0.4, -0.2) is 51.1 Å². The number of methoxy groups -OCH3 is 1. The number of likely N-dealkylation sites (tertiary alicyclic amines) is 1. The highest BCUT2D eigenvalue weighted by Crippen LogP contribution is 2.37. The van der Waals surface area contributed by atoms with Crippen molar-refractivity contribution >= 4 is 33.2 Å². The quantitative estimate of drug-likeness (QED) is 0.662. The average Bonchev–Trinajstić information content (AvgIpc) is 2.80. The largest absolute Gasteiger partial charge is 0.494 e. The number of ether oxygens (including phenoxy) is 1. The maximum atomic E-state index is 13.6. The summed E-state index contributed by atoms with van der Waals surface area (Å²) in [6.07, 6.45) is 1.02. The van der Waals surface area contributed by atoms with Gasteiger partial charge in [0.15, 0.2) is 0 Å². The summed E-state index contributed by atoms with van der Waals surface area (Å²) in [7, 11) is -2.03. The molecular formula is C23H29N3O5S. The summed E-state index contributed by atoms with van der Waals surface area (Å²) in [6.45, 7) is 4.08. The van der Waals surface area contributed by atoms with E-state index < -0.39 is 15.4 Å². The van der Waals surface area contributed by atoms with Gasteiger partial charge in [0.1, 0.15) is 5.75 Å². The van der Waals surface area contributed by atoms with Gasteiger partial charge in [0.25, 0.3) is 0 Å². The van der Waals surface area contributed by atoms with Crippen LogP contribution < -0.4 is 14.8 Å². The Labute approximate surface area is 189 Å². The van der Waals surface area contributed by atoms with Gasteiger partial charge in [-0.1, -0.05) is 30.3 Å². The summed E-state index contributed by atoms with van der Waals surface area (Å²) in [4.78, 5) is 27.1. The van der Waals surface area contributed by atoms with Crippen LogP contribution in [-0.2, 0) is 25.0 Å². The van der Waals surface area contributed by atoms with Crippen LogP contribution in [0.3, 0.4) is 0 Å². The molecular weight excluding hydrogens is 430 g/mol. The summed E-state index contributed by atoms with van der Waals surface area (Å²) in [5, 5.41) is 2.97. The number of amides is 2. The smallest absolute Gasteiger partial charge is 0.235 e. The molecule has 1 aliphatic heterocycles. The Hall–Kier alpha value is -3.07. The number of piperidine rings is 1.